The Morgan fingerprint density at radius 2 is 1.97 bits per heavy atom. The summed E-state index contributed by atoms with van der Waals surface area (Å²) in [5, 5.41) is 7.90. The van der Waals surface area contributed by atoms with Gasteiger partial charge in [0.1, 0.15) is 10.6 Å². The first-order valence-electron chi connectivity index (χ1n) is 10.2. The van der Waals surface area contributed by atoms with Gasteiger partial charge in [0.25, 0.3) is 10.0 Å². The summed E-state index contributed by atoms with van der Waals surface area (Å²) in [5.74, 6) is -0.452. The Morgan fingerprint density at radius 3 is 2.66 bits per heavy atom. The van der Waals surface area contributed by atoms with Crippen LogP contribution in [-0.4, -0.2) is 52.1 Å². The minimum absolute atomic E-state index is 0.0742. The van der Waals surface area contributed by atoms with Crippen LogP contribution < -0.4 is 9.04 Å². The van der Waals surface area contributed by atoms with Gasteiger partial charge in [-0.2, -0.15) is 23.4 Å². The van der Waals surface area contributed by atoms with Gasteiger partial charge in [-0.25, -0.2) is 23.1 Å². The van der Waals surface area contributed by atoms with E-state index in [1.807, 2.05) is 0 Å². The Balaban J connectivity index is 1.82. The van der Waals surface area contributed by atoms with Gasteiger partial charge in [-0.1, -0.05) is 0 Å². The summed E-state index contributed by atoms with van der Waals surface area (Å²) in [6.07, 6.45) is 0.700. The van der Waals surface area contributed by atoms with E-state index < -0.39 is 33.6 Å². The predicted molar refractivity (Wildman–Crippen MR) is 107 cm³/mol. The summed E-state index contributed by atoms with van der Waals surface area (Å²) in [5.41, 5.74) is -1.27. The number of halogens is 3. The van der Waals surface area contributed by atoms with Crippen molar-refractivity contribution in [2.75, 3.05) is 18.5 Å². The third-order valence-corrected chi connectivity index (χ3v) is 6.29. The van der Waals surface area contributed by atoms with Gasteiger partial charge in [-0.3, -0.25) is 8.99 Å². The van der Waals surface area contributed by atoms with Crippen molar-refractivity contribution in [1.29, 1.82) is 0 Å². The summed E-state index contributed by atoms with van der Waals surface area (Å²) >= 11 is 0. The number of pyridine rings is 2. The molecule has 4 rings (SSSR count). The molecule has 0 unspecified atom stereocenters. The fourth-order valence-corrected chi connectivity index (χ4v) is 4.11. The van der Waals surface area contributed by atoms with E-state index in [4.69, 9.17) is 8.85 Å². The summed E-state index contributed by atoms with van der Waals surface area (Å²) in [4.78, 5) is 7.44. The van der Waals surface area contributed by atoms with Crippen LogP contribution in [-0.2, 0) is 23.2 Å². The van der Waals surface area contributed by atoms with Gasteiger partial charge in [0, 0.05) is 35.9 Å². The standard InChI is InChI=1S/C18H16F3N7O3S/c1-26-15-11(8-24-26)7-23-17(31-3)16(15)27(2)32(29,30)13-9-25-28(10-13)14-6-12(4-5-22-14)18(19,20)21/h4-10H,1-3H3/i1D3. The molecule has 0 fully saturated rings. The second kappa shape index (κ2) is 7.47. The molecule has 4 aromatic rings. The van der Waals surface area contributed by atoms with Gasteiger partial charge < -0.3 is 4.74 Å². The first-order chi connectivity index (χ1) is 16.2. The van der Waals surface area contributed by atoms with Crippen LogP contribution in [0.15, 0.2) is 48.0 Å². The van der Waals surface area contributed by atoms with Gasteiger partial charge >= 0.3 is 6.18 Å². The number of hydrogen-bond acceptors (Lipinski definition) is 7. The van der Waals surface area contributed by atoms with Crippen molar-refractivity contribution in [2.45, 2.75) is 11.1 Å². The molecule has 0 spiro atoms. The fraction of sp³-hybridized carbons (Fsp3) is 0.222. The van der Waals surface area contributed by atoms with Crippen molar-refractivity contribution in [3.05, 3.63) is 48.7 Å². The number of nitrogens with zero attached hydrogens (tertiary/aromatic N) is 7. The molecule has 14 heteroatoms. The van der Waals surface area contributed by atoms with E-state index in [1.165, 1.54) is 19.5 Å². The molecule has 4 aromatic heterocycles. The Labute approximate surface area is 184 Å². The van der Waals surface area contributed by atoms with Crippen molar-refractivity contribution in [2.24, 2.45) is 6.98 Å². The zero-order valence-electron chi connectivity index (χ0n) is 19.4. The number of aryl methyl sites for hydroxylation is 1. The van der Waals surface area contributed by atoms with Crippen LogP contribution in [0.3, 0.4) is 0 Å². The summed E-state index contributed by atoms with van der Waals surface area (Å²) in [7, 11) is -2.06. The third kappa shape index (κ3) is 3.51. The summed E-state index contributed by atoms with van der Waals surface area (Å²) < 4.78 is 96.6. The van der Waals surface area contributed by atoms with E-state index in [1.54, 1.807) is 0 Å². The second-order valence-corrected chi connectivity index (χ2v) is 8.44. The number of hydrogen-bond donors (Lipinski definition) is 0. The van der Waals surface area contributed by atoms with E-state index in [0.29, 0.717) is 4.68 Å². The number of alkyl halides is 3. The topological polar surface area (TPSA) is 108 Å². The molecule has 0 N–H and O–H groups in total. The normalized spacial score (nSPS) is 14.1. The Morgan fingerprint density at radius 1 is 1.19 bits per heavy atom. The molecule has 0 atom stereocenters. The Hall–Kier alpha value is -3.68. The average Bonchev–Trinajstić information content (AvgIpc) is 3.45. The number of aromatic nitrogens is 6. The smallest absolute Gasteiger partial charge is 0.416 e. The van der Waals surface area contributed by atoms with Gasteiger partial charge in [-0.05, 0) is 12.1 Å². The summed E-state index contributed by atoms with van der Waals surface area (Å²) in [6, 6.07) is 1.49. The number of ether oxygens (including phenoxy) is 1. The van der Waals surface area contributed by atoms with E-state index >= 15 is 0 Å². The van der Waals surface area contributed by atoms with Crippen molar-refractivity contribution in [3.63, 3.8) is 0 Å². The highest BCUT2D eigenvalue weighted by molar-refractivity contribution is 7.92. The van der Waals surface area contributed by atoms with Crippen LogP contribution in [0, 0.1) is 0 Å². The minimum atomic E-state index is -4.63. The maximum Gasteiger partial charge on any atom is 0.416 e. The maximum atomic E-state index is 13.4. The van der Waals surface area contributed by atoms with Gasteiger partial charge in [0.05, 0.1) is 36.8 Å². The quantitative estimate of drug-likeness (QED) is 0.441. The number of rotatable bonds is 5. The van der Waals surface area contributed by atoms with E-state index in [-0.39, 0.29) is 28.3 Å². The van der Waals surface area contributed by atoms with Gasteiger partial charge in [0.2, 0.25) is 5.88 Å². The van der Waals surface area contributed by atoms with Crippen molar-refractivity contribution in [1.82, 2.24) is 29.5 Å². The zero-order valence-corrected chi connectivity index (χ0v) is 17.3. The maximum absolute atomic E-state index is 13.4. The molecule has 10 nitrogen and oxygen atoms in total. The fourth-order valence-electron chi connectivity index (χ4n) is 2.98. The highest BCUT2D eigenvalue weighted by Crippen LogP contribution is 2.36. The molecule has 4 heterocycles. The Kier molecular flexibility index (Phi) is 4.19. The molecule has 0 aliphatic heterocycles. The van der Waals surface area contributed by atoms with E-state index in [9.17, 15) is 21.6 Å². The molecule has 0 radical (unpaired) electrons. The van der Waals surface area contributed by atoms with Gasteiger partial charge in [-0.15, -0.1) is 0 Å². The van der Waals surface area contributed by atoms with E-state index in [0.717, 1.165) is 46.8 Å². The molecule has 168 valence electrons. The molecule has 32 heavy (non-hydrogen) atoms. The Bertz CT molecular complexity index is 1520. The van der Waals surface area contributed by atoms with Crippen LogP contribution in [0.1, 0.15) is 9.68 Å². The van der Waals surface area contributed by atoms with E-state index in [2.05, 4.69) is 20.2 Å². The number of methoxy groups -OCH3 is 1. The first-order valence-corrected chi connectivity index (χ1v) is 10.2. The molecule has 0 saturated carbocycles. The van der Waals surface area contributed by atoms with Crippen molar-refractivity contribution >= 4 is 26.6 Å². The average molecular weight is 470 g/mol. The molecule has 0 bridgehead atoms. The molecule has 0 aromatic carbocycles. The van der Waals surface area contributed by atoms with Crippen LogP contribution in [0.4, 0.5) is 18.9 Å². The second-order valence-electron chi connectivity index (χ2n) is 6.47. The monoisotopic (exact) mass is 470 g/mol. The SMILES string of the molecule is [2H]C([2H])([2H])n1ncc2cnc(OC)c(N(C)S(=O)(=O)c3cnn(-c4cc(C(F)(F)F)ccn4)c3)c21. The summed E-state index contributed by atoms with van der Waals surface area (Å²) in [6.45, 7) is -2.74. The lowest BCUT2D eigenvalue weighted by atomic mass is 10.2. The first kappa shape index (κ1) is 17.9. The highest BCUT2D eigenvalue weighted by atomic mass is 32.2. The number of anilines is 1. The lowest BCUT2D eigenvalue weighted by Crippen LogP contribution is -2.27. The van der Waals surface area contributed by atoms with Crippen LogP contribution >= 0.6 is 0 Å². The molecule has 0 aliphatic rings. The molecule has 0 saturated heterocycles. The van der Waals surface area contributed by atoms with Crippen molar-refractivity contribution < 1.29 is 30.4 Å². The zero-order chi connectivity index (χ0) is 25.8. The number of fused-ring (bicyclic) bond motifs is 1. The van der Waals surface area contributed by atoms with Crippen LogP contribution in [0.5, 0.6) is 5.88 Å². The van der Waals surface area contributed by atoms with Crippen LogP contribution in [0.25, 0.3) is 16.7 Å². The predicted octanol–water partition coefficient (Wildman–Crippen LogP) is 2.40. The lowest BCUT2D eigenvalue weighted by molar-refractivity contribution is -0.137. The van der Waals surface area contributed by atoms with Gasteiger partial charge in [0.15, 0.2) is 5.82 Å². The molecule has 0 amide bonds. The van der Waals surface area contributed by atoms with Crippen LogP contribution in [0.2, 0.25) is 0 Å². The highest BCUT2D eigenvalue weighted by Gasteiger charge is 2.32. The third-order valence-electron chi connectivity index (χ3n) is 4.58. The molecular weight excluding hydrogens is 451 g/mol. The number of sulfonamides is 1. The molecule has 0 aliphatic carbocycles. The minimum Gasteiger partial charge on any atom is -0.479 e. The molecular formula is C18H16F3N7O3S. The van der Waals surface area contributed by atoms with Crippen molar-refractivity contribution in [3.8, 4) is 11.7 Å². The largest absolute Gasteiger partial charge is 0.479 e. The lowest BCUT2D eigenvalue weighted by Gasteiger charge is -2.21.